The van der Waals surface area contributed by atoms with E-state index in [0.717, 1.165) is 0 Å². The lowest BCUT2D eigenvalue weighted by Crippen LogP contribution is -2.30. The average Bonchev–Trinajstić information content (AvgIpc) is 2.57. The molecule has 7 heteroatoms. The number of hydrogen-bond acceptors (Lipinski definition) is 4. The molecule has 0 amide bonds. The van der Waals surface area contributed by atoms with Gasteiger partial charge in [-0.3, -0.25) is 0 Å². The summed E-state index contributed by atoms with van der Waals surface area (Å²) in [5.74, 6) is -0.551. The summed E-state index contributed by atoms with van der Waals surface area (Å²) < 4.78 is 30.4. The molecule has 0 spiro atoms. The lowest BCUT2D eigenvalue weighted by Gasteiger charge is -2.07. The van der Waals surface area contributed by atoms with E-state index in [9.17, 15) is 13.2 Å². The molecule has 0 fully saturated rings. The summed E-state index contributed by atoms with van der Waals surface area (Å²) in [6.45, 7) is 4.58. The van der Waals surface area contributed by atoms with E-state index in [0.29, 0.717) is 0 Å². The van der Waals surface area contributed by atoms with Gasteiger partial charge in [0, 0.05) is 0 Å². The lowest BCUT2D eigenvalue weighted by molar-refractivity contribution is 0.0695. The van der Waals surface area contributed by atoms with Crippen LogP contribution in [-0.2, 0) is 16.6 Å². The molecule has 6 nitrogen and oxygen atoms in total. The summed E-state index contributed by atoms with van der Waals surface area (Å²) in [7, 11) is -3.38. The summed E-state index contributed by atoms with van der Waals surface area (Å²) in [4.78, 5) is 10.7. The minimum atomic E-state index is -3.38. The Hall–Kier alpha value is -1.34. The molecule has 0 saturated heterocycles. The van der Waals surface area contributed by atoms with Crippen molar-refractivity contribution in [3.63, 3.8) is 0 Å². The van der Waals surface area contributed by atoms with Gasteiger partial charge in [-0.25, -0.2) is 17.9 Å². The Morgan fingerprint density at radius 1 is 1.53 bits per heavy atom. The second-order valence-electron chi connectivity index (χ2n) is 3.90. The molecular formula is C10H15NO5S. The Morgan fingerprint density at radius 2 is 2.12 bits per heavy atom. The van der Waals surface area contributed by atoms with Gasteiger partial charge >= 0.3 is 5.97 Å². The predicted octanol–water partition coefficient (Wildman–Crippen LogP) is 1.11. The molecule has 0 aliphatic heterocycles. The van der Waals surface area contributed by atoms with Crippen LogP contribution in [0.5, 0.6) is 0 Å². The molecule has 2 N–H and O–H groups in total. The summed E-state index contributed by atoms with van der Waals surface area (Å²) >= 11 is 0. The number of nitrogens with one attached hydrogen (secondary N) is 1. The van der Waals surface area contributed by atoms with E-state index in [-0.39, 0.29) is 23.6 Å². The van der Waals surface area contributed by atoms with Crippen LogP contribution in [0.25, 0.3) is 0 Å². The van der Waals surface area contributed by atoms with E-state index in [1.165, 1.54) is 13.0 Å². The first kappa shape index (κ1) is 13.7. The molecule has 1 aromatic rings. The number of carboxylic acids is 1. The van der Waals surface area contributed by atoms with Crippen LogP contribution in [0.15, 0.2) is 10.5 Å². The summed E-state index contributed by atoms with van der Waals surface area (Å²) in [5.41, 5.74) is 0.0451. The molecule has 0 aliphatic carbocycles. The van der Waals surface area contributed by atoms with Gasteiger partial charge in [0.15, 0.2) is 0 Å². The van der Waals surface area contributed by atoms with Crippen molar-refractivity contribution < 1.29 is 22.7 Å². The van der Waals surface area contributed by atoms with E-state index < -0.39 is 21.2 Å². The van der Waals surface area contributed by atoms with Crippen LogP contribution < -0.4 is 4.72 Å². The van der Waals surface area contributed by atoms with Crippen LogP contribution in [0.1, 0.15) is 35.7 Å². The van der Waals surface area contributed by atoms with Crippen LogP contribution in [0.4, 0.5) is 0 Å². The topological polar surface area (TPSA) is 96.6 Å². The number of rotatable bonds is 5. The maximum atomic E-state index is 11.5. The molecule has 96 valence electrons. The Balaban J connectivity index is 2.78. The maximum absolute atomic E-state index is 11.5. The maximum Gasteiger partial charge on any atom is 0.339 e. The van der Waals surface area contributed by atoms with E-state index in [2.05, 4.69) is 4.72 Å². The minimum absolute atomic E-state index is 0.0451. The van der Waals surface area contributed by atoms with Gasteiger partial charge in [-0.05, 0) is 26.8 Å². The number of carbonyl (C=O) groups is 1. The fourth-order valence-electron chi connectivity index (χ4n) is 1.18. The molecule has 0 unspecified atom stereocenters. The average molecular weight is 261 g/mol. The van der Waals surface area contributed by atoms with Gasteiger partial charge in [0.25, 0.3) is 0 Å². The highest BCUT2D eigenvalue weighted by Gasteiger charge is 2.18. The number of sulfonamides is 1. The van der Waals surface area contributed by atoms with Gasteiger partial charge in [0.05, 0.1) is 11.8 Å². The molecule has 0 radical (unpaired) electrons. The molecule has 1 aromatic heterocycles. The van der Waals surface area contributed by atoms with E-state index >= 15 is 0 Å². The van der Waals surface area contributed by atoms with Crippen molar-refractivity contribution in [2.24, 2.45) is 0 Å². The van der Waals surface area contributed by atoms with Crippen LogP contribution in [0.3, 0.4) is 0 Å². The Labute approximate surface area is 99.7 Å². The normalized spacial score (nSPS) is 12.0. The van der Waals surface area contributed by atoms with Gasteiger partial charge in [-0.15, -0.1) is 0 Å². The largest absolute Gasteiger partial charge is 0.478 e. The van der Waals surface area contributed by atoms with Crippen molar-refractivity contribution in [3.05, 3.63) is 23.2 Å². The fraction of sp³-hybridized carbons (Fsp3) is 0.500. The SMILES string of the molecule is Cc1oc(CNS(=O)(=O)C(C)C)cc1C(=O)O. The molecule has 0 saturated carbocycles. The van der Waals surface area contributed by atoms with Gasteiger partial charge in [0.2, 0.25) is 10.0 Å². The van der Waals surface area contributed by atoms with Gasteiger partial charge in [0.1, 0.15) is 17.1 Å². The Bertz CT molecular complexity index is 515. The number of aromatic carboxylic acids is 1. The third-order valence-electron chi connectivity index (χ3n) is 2.27. The van der Waals surface area contributed by atoms with E-state index in [4.69, 9.17) is 9.52 Å². The number of aryl methyl sites for hydroxylation is 1. The highest BCUT2D eigenvalue weighted by Crippen LogP contribution is 2.14. The van der Waals surface area contributed by atoms with Gasteiger partial charge < -0.3 is 9.52 Å². The molecule has 0 aliphatic rings. The predicted molar refractivity (Wildman–Crippen MR) is 61.3 cm³/mol. The molecule has 0 aromatic carbocycles. The molecule has 1 heterocycles. The van der Waals surface area contributed by atoms with Crippen LogP contribution in [0.2, 0.25) is 0 Å². The first-order chi connectivity index (χ1) is 7.74. The first-order valence-corrected chi connectivity index (χ1v) is 6.59. The Kier molecular flexibility index (Phi) is 3.94. The molecule has 0 bridgehead atoms. The zero-order valence-electron chi connectivity index (χ0n) is 9.85. The van der Waals surface area contributed by atoms with Crippen molar-refractivity contribution in [3.8, 4) is 0 Å². The van der Waals surface area contributed by atoms with Crippen LogP contribution >= 0.6 is 0 Å². The first-order valence-electron chi connectivity index (χ1n) is 5.05. The van der Waals surface area contributed by atoms with Crippen molar-refractivity contribution in [2.75, 3.05) is 0 Å². The molecule has 17 heavy (non-hydrogen) atoms. The van der Waals surface area contributed by atoms with Gasteiger partial charge in [-0.1, -0.05) is 0 Å². The number of hydrogen-bond donors (Lipinski definition) is 2. The Morgan fingerprint density at radius 3 is 2.53 bits per heavy atom. The third-order valence-corrected chi connectivity index (χ3v) is 4.06. The van der Waals surface area contributed by atoms with Crippen molar-refractivity contribution in [1.29, 1.82) is 0 Å². The van der Waals surface area contributed by atoms with E-state index in [1.807, 2.05) is 0 Å². The second kappa shape index (κ2) is 4.89. The highest BCUT2D eigenvalue weighted by atomic mass is 32.2. The molecule has 0 atom stereocenters. The summed E-state index contributed by atoms with van der Waals surface area (Å²) in [6, 6.07) is 1.32. The highest BCUT2D eigenvalue weighted by molar-refractivity contribution is 7.90. The summed E-state index contributed by atoms with van der Waals surface area (Å²) in [5, 5.41) is 8.25. The zero-order chi connectivity index (χ0) is 13.2. The van der Waals surface area contributed by atoms with E-state index in [1.54, 1.807) is 13.8 Å². The summed E-state index contributed by atoms with van der Waals surface area (Å²) in [6.07, 6.45) is 0. The minimum Gasteiger partial charge on any atom is -0.478 e. The third kappa shape index (κ3) is 3.31. The monoisotopic (exact) mass is 261 g/mol. The fourth-order valence-corrected chi connectivity index (χ4v) is 1.86. The lowest BCUT2D eigenvalue weighted by atomic mass is 10.2. The standard InChI is InChI=1S/C10H15NO5S/c1-6(2)17(14,15)11-5-8-4-9(10(12)13)7(3)16-8/h4,6,11H,5H2,1-3H3,(H,12,13). The van der Waals surface area contributed by atoms with Crippen molar-refractivity contribution >= 4 is 16.0 Å². The molecule has 1 rings (SSSR count). The van der Waals surface area contributed by atoms with Crippen molar-refractivity contribution in [1.82, 2.24) is 4.72 Å². The number of furan rings is 1. The van der Waals surface area contributed by atoms with Gasteiger partial charge in [-0.2, -0.15) is 0 Å². The second-order valence-corrected chi connectivity index (χ2v) is 6.22. The quantitative estimate of drug-likeness (QED) is 0.827. The number of carboxylic acid groups (broad SMARTS) is 1. The van der Waals surface area contributed by atoms with Crippen LogP contribution in [-0.4, -0.2) is 24.7 Å². The van der Waals surface area contributed by atoms with Crippen LogP contribution in [0, 0.1) is 6.92 Å². The smallest absolute Gasteiger partial charge is 0.339 e. The molecular weight excluding hydrogens is 246 g/mol. The zero-order valence-corrected chi connectivity index (χ0v) is 10.7. The van der Waals surface area contributed by atoms with Crippen molar-refractivity contribution in [2.45, 2.75) is 32.6 Å².